The van der Waals surface area contributed by atoms with Gasteiger partial charge in [0.15, 0.2) is 0 Å². The number of hydrogen-bond acceptors (Lipinski definition) is 7. The summed E-state index contributed by atoms with van der Waals surface area (Å²) in [6, 6.07) is 13.4. The number of amides is 1. The van der Waals surface area contributed by atoms with Crippen LogP contribution in [0.15, 0.2) is 72.2 Å². The standard InChI is InChI=1S/C21H18N4O4/c1-2-28-17-9-5-16(6-10-17)21(27)29-18-7-3-15(4-8-18)13-24-25-20(26)19-14-22-11-12-23-19/h3-14H,2H2,1H3,(H,25,26)/b24-13+. The first-order chi connectivity index (χ1) is 14.2. The number of hydrazone groups is 1. The molecule has 0 bridgehead atoms. The molecule has 0 atom stereocenters. The average Bonchev–Trinajstić information content (AvgIpc) is 2.76. The summed E-state index contributed by atoms with van der Waals surface area (Å²) in [7, 11) is 0. The largest absolute Gasteiger partial charge is 0.494 e. The Bertz CT molecular complexity index is 987. The minimum Gasteiger partial charge on any atom is -0.494 e. The maximum atomic E-state index is 12.2. The monoisotopic (exact) mass is 390 g/mol. The molecule has 0 aliphatic carbocycles. The van der Waals surface area contributed by atoms with E-state index >= 15 is 0 Å². The maximum absolute atomic E-state index is 12.2. The molecule has 8 nitrogen and oxygen atoms in total. The van der Waals surface area contributed by atoms with Gasteiger partial charge in [0.25, 0.3) is 5.91 Å². The van der Waals surface area contributed by atoms with Crippen LogP contribution in [0.5, 0.6) is 11.5 Å². The second kappa shape index (κ2) is 9.75. The van der Waals surface area contributed by atoms with E-state index < -0.39 is 11.9 Å². The minimum absolute atomic E-state index is 0.168. The SMILES string of the molecule is CCOc1ccc(C(=O)Oc2ccc(/C=N/NC(=O)c3cnccn3)cc2)cc1. The number of hydrogen-bond donors (Lipinski definition) is 1. The van der Waals surface area contributed by atoms with E-state index in [1.807, 2.05) is 6.92 Å². The molecule has 3 aromatic rings. The third kappa shape index (κ3) is 5.70. The minimum atomic E-state index is -0.467. The number of aromatic nitrogens is 2. The van der Waals surface area contributed by atoms with Crippen LogP contribution < -0.4 is 14.9 Å². The summed E-state index contributed by atoms with van der Waals surface area (Å²) in [4.78, 5) is 31.7. The summed E-state index contributed by atoms with van der Waals surface area (Å²) in [5.41, 5.74) is 3.66. The van der Waals surface area contributed by atoms with Crippen LogP contribution in [-0.4, -0.2) is 34.7 Å². The molecule has 0 fully saturated rings. The van der Waals surface area contributed by atoms with Gasteiger partial charge in [-0.05, 0) is 61.0 Å². The number of carbonyl (C=O) groups excluding carboxylic acids is 2. The van der Waals surface area contributed by atoms with Gasteiger partial charge in [-0.1, -0.05) is 0 Å². The van der Waals surface area contributed by atoms with Gasteiger partial charge >= 0.3 is 5.97 Å². The third-order valence-corrected chi connectivity index (χ3v) is 3.67. The summed E-state index contributed by atoms with van der Waals surface area (Å²) in [5, 5.41) is 3.87. The molecule has 0 saturated heterocycles. The Balaban J connectivity index is 1.54. The lowest BCUT2D eigenvalue weighted by Gasteiger charge is -2.06. The first kappa shape index (κ1) is 19.7. The zero-order chi connectivity index (χ0) is 20.5. The van der Waals surface area contributed by atoms with Crippen molar-refractivity contribution in [3.05, 3.63) is 83.9 Å². The number of esters is 1. The zero-order valence-corrected chi connectivity index (χ0v) is 15.6. The van der Waals surface area contributed by atoms with Crippen LogP contribution in [0.2, 0.25) is 0 Å². The van der Waals surface area contributed by atoms with E-state index in [0.29, 0.717) is 29.2 Å². The van der Waals surface area contributed by atoms with Crippen molar-refractivity contribution < 1.29 is 19.1 Å². The van der Waals surface area contributed by atoms with Crippen molar-refractivity contribution >= 4 is 18.1 Å². The van der Waals surface area contributed by atoms with Crippen molar-refractivity contribution in [2.24, 2.45) is 5.10 Å². The van der Waals surface area contributed by atoms with Crippen molar-refractivity contribution in [2.75, 3.05) is 6.61 Å². The summed E-state index contributed by atoms with van der Waals surface area (Å²) >= 11 is 0. The van der Waals surface area contributed by atoms with Crippen LogP contribution in [-0.2, 0) is 0 Å². The van der Waals surface area contributed by atoms with Crippen LogP contribution in [0.25, 0.3) is 0 Å². The molecule has 0 radical (unpaired) electrons. The number of rotatable bonds is 7. The van der Waals surface area contributed by atoms with E-state index in [1.165, 1.54) is 24.8 Å². The molecule has 0 spiro atoms. The fourth-order valence-electron chi connectivity index (χ4n) is 2.28. The number of nitrogens with zero attached hydrogens (tertiary/aromatic N) is 3. The number of benzene rings is 2. The van der Waals surface area contributed by atoms with Gasteiger partial charge < -0.3 is 9.47 Å². The first-order valence-corrected chi connectivity index (χ1v) is 8.80. The maximum Gasteiger partial charge on any atom is 0.343 e. The predicted molar refractivity (Wildman–Crippen MR) is 106 cm³/mol. The Morgan fingerprint density at radius 3 is 2.41 bits per heavy atom. The third-order valence-electron chi connectivity index (χ3n) is 3.67. The molecular weight excluding hydrogens is 372 g/mol. The van der Waals surface area contributed by atoms with Crippen molar-refractivity contribution in [1.82, 2.24) is 15.4 Å². The van der Waals surface area contributed by atoms with Crippen molar-refractivity contribution in [3.63, 3.8) is 0 Å². The Morgan fingerprint density at radius 2 is 1.76 bits per heavy atom. The lowest BCUT2D eigenvalue weighted by molar-refractivity contribution is 0.0734. The highest BCUT2D eigenvalue weighted by Crippen LogP contribution is 2.16. The lowest BCUT2D eigenvalue weighted by Crippen LogP contribution is -2.19. The van der Waals surface area contributed by atoms with Gasteiger partial charge in [-0.15, -0.1) is 0 Å². The molecule has 0 unspecified atom stereocenters. The molecule has 29 heavy (non-hydrogen) atoms. The second-order valence-corrected chi connectivity index (χ2v) is 5.71. The van der Waals surface area contributed by atoms with E-state index in [-0.39, 0.29) is 5.69 Å². The van der Waals surface area contributed by atoms with E-state index in [2.05, 4.69) is 20.5 Å². The average molecular weight is 390 g/mol. The Kier molecular flexibility index (Phi) is 6.62. The molecule has 2 aromatic carbocycles. The van der Waals surface area contributed by atoms with E-state index in [1.54, 1.807) is 48.5 Å². The number of nitrogens with one attached hydrogen (secondary N) is 1. The number of ether oxygens (including phenoxy) is 2. The number of carbonyl (C=O) groups is 2. The van der Waals surface area contributed by atoms with E-state index in [4.69, 9.17) is 9.47 Å². The van der Waals surface area contributed by atoms with Crippen LogP contribution >= 0.6 is 0 Å². The molecule has 0 aliphatic rings. The summed E-state index contributed by atoms with van der Waals surface area (Å²) < 4.78 is 10.7. The summed E-state index contributed by atoms with van der Waals surface area (Å²) in [6.07, 6.45) is 5.71. The molecular formula is C21H18N4O4. The molecule has 0 saturated carbocycles. The van der Waals surface area contributed by atoms with E-state index in [0.717, 1.165) is 0 Å². The van der Waals surface area contributed by atoms with Crippen LogP contribution in [0.4, 0.5) is 0 Å². The molecule has 0 aliphatic heterocycles. The molecule has 3 rings (SSSR count). The van der Waals surface area contributed by atoms with Gasteiger partial charge in [0.2, 0.25) is 0 Å². The fourth-order valence-corrected chi connectivity index (χ4v) is 2.28. The fraction of sp³-hybridized carbons (Fsp3) is 0.0952. The highest BCUT2D eigenvalue weighted by molar-refractivity contribution is 5.93. The van der Waals surface area contributed by atoms with Crippen LogP contribution in [0, 0.1) is 0 Å². The van der Waals surface area contributed by atoms with Gasteiger partial charge in [0.1, 0.15) is 17.2 Å². The molecule has 1 N–H and O–H groups in total. The highest BCUT2D eigenvalue weighted by atomic mass is 16.5. The van der Waals surface area contributed by atoms with Gasteiger partial charge in [-0.3, -0.25) is 9.78 Å². The first-order valence-electron chi connectivity index (χ1n) is 8.80. The highest BCUT2D eigenvalue weighted by Gasteiger charge is 2.09. The van der Waals surface area contributed by atoms with Crippen LogP contribution in [0.3, 0.4) is 0 Å². The molecule has 8 heteroatoms. The molecule has 1 heterocycles. The van der Waals surface area contributed by atoms with Gasteiger partial charge in [0.05, 0.1) is 24.6 Å². The Morgan fingerprint density at radius 1 is 1.03 bits per heavy atom. The molecule has 1 aromatic heterocycles. The quantitative estimate of drug-likeness (QED) is 0.288. The van der Waals surface area contributed by atoms with Crippen molar-refractivity contribution in [3.8, 4) is 11.5 Å². The summed E-state index contributed by atoms with van der Waals surface area (Å²) in [5.74, 6) is 0.157. The normalized spacial score (nSPS) is 10.5. The predicted octanol–water partition coefficient (Wildman–Crippen LogP) is 2.86. The van der Waals surface area contributed by atoms with Gasteiger partial charge in [-0.2, -0.15) is 5.10 Å². The Hall–Kier alpha value is -4.07. The molecule has 146 valence electrons. The Labute approximate surface area is 167 Å². The van der Waals surface area contributed by atoms with Crippen molar-refractivity contribution in [2.45, 2.75) is 6.92 Å². The van der Waals surface area contributed by atoms with Crippen molar-refractivity contribution in [1.29, 1.82) is 0 Å². The second-order valence-electron chi connectivity index (χ2n) is 5.71. The topological polar surface area (TPSA) is 103 Å². The van der Waals surface area contributed by atoms with Gasteiger partial charge in [-0.25, -0.2) is 15.2 Å². The summed E-state index contributed by atoms with van der Waals surface area (Å²) in [6.45, 7) is 2.45. The lowest BCUT2D eigenvalue weighted by atomic mass is 10.2. The van der Waals surface area contributed by atoms with Crippen LogP contribution in [0.1, 0.15) is 33.3 Å². The molecule has 1 amide bonds. The smallest absolute Gasteiger partial charge is 0.343 e. The van der Waals surface area contributed by atoms with E-state index in [9.17, 15) is 9.59 Å². The zero-order valence-electron chi connectivity index (χ0n) is 15.6. The van der Waals surface area contributed by atoms with Gasteiger partial charge in [0, 0.05) is 12.4 Å².